The van der Waals surface area contributed by atoms with Crippen molar-refractivity contribution in [2.75, 3.05) is 0 Å². The Kier molecular flexibility index (Phi) is 10.9. The number of aryl methyl sites for hydroxylation is 2. The number of hydrogen-bond acceptors (Lipinski definition) is 5. The minimum atomic E-state index is -1.14. The highest BCUT2D eigenvalue weighted by Crippen LogP contribution is 2.33. The molecule has 0 aromatic heterocycles. The molecule has 4 amide bonds. The topological polar surface area (TPSA) is 131 Å². The summed E-state index contributed by atoms with van der Waals surface area (Å²) >= 11 is 0. The standard InChI is InChI=1S/C29H48N4O5/c1-12-29(10,11)33(25(36)21(15-16-22(30)34)31-26(37)38-28(7,8)9)23(24(35)32-27(4,5)6)20-14-13-18(2)19(3)17-20/h13-14,17,21,23H,12,15-16H2,1-11H3,(H2,30,34)(H,31,37)(H,32,35). The Hall–Kier alpha value is -3.10. The van der Waals surface area contributed by atoms with Crippen LogP contribution < -0.4 is 16.4 Å². The van der Waals surface area contributed by atoms with Gasteiger partial charge in [-0.05, 0) is 98.8 Å². The van der Waals surface area contributed by atoms with Crippen LogP contribution in [0.1, 0.15) is 104 Å². The average Bonchev–Trinajstić information content (AvgIpc) is 2.73. The van der Waals surface area contributed by atoms with E-state index in [0.29, 0.717) is 12.0 Å². The monoisotopic (exact) mass is 532 g/mol. The van der Waals surface area contributed by atoms with Crippen molar-refractivity contribution in [2.45, 2.75) is 124 Å². The van der Waals surface area contributed by atoms with Crippen LogP contribution >= 0.6 is 0 Å². The summed E-state index contributed by atoms with van der Waals surface area (Å²) in [6, 6.07) is 3.55. The fourth-order valence-electron chi connectivity index (χ4n) is 3.90. The van der Waals surface area contributed by atoms with Crippen LogP contribution in [0.2, 0.25) is 0 Å². The Labute approximate surface area is 228 Å². The average molecular weight is 533 g/mol. The minimum Gasteiger partial charge on any atom is -0.444 e. The first-order valence-corrected chi connectivity index (χ1v) is 13.2. The zero-order chi connectivity index (χ0) is 29.6. The van der Waals surface area contributed by atoms with Gasteiger partial charge < -0.3 is 26.0 Å². The summed E-state index contributed by atoms with van der Waals surface area (Å²) in [7, 11) is 0. The van der Waals surface area contributed by atoms with E-state index in [4.69, 9.17) is 10.5 Å². The van der Waals surface area contributed by atoms with Gasteiger partial charge in [0.1, 0.15) is 17.7 Å². The number of nitrogens with zero attached hydrogens (tertiary/aromatic N) is 1. The molecule has 0 fully saturated rings. The van der Waals surface area contributed by atoms with Crippen LogP contribution in [-0.2, 0) is 19.1 Å². The van der Waals surface area contributed by atoms with Gasteiger partial charge in [-0.25, -0.2) is 4.79 Å². The molecule has 2 atom stereocenters. The maximum Gasteiger partial charge on any atom is 0.408 e. The highest BCUT2D eigenvalue weighted by molar-refractivity contribution is 5.93. The molecule has 0 saturated carbocycles. The molecule has 0 aliphatic carbocycles. The number of hydrogen-bond donors (Lipinski definition) is 3. The molecule has 0 aliphatic rings. The summed E-state index contributed by atoms with van der Waals surface area (Å²) in [5, 5.41) is 5.65. The molecule has 1 aromatic rings. The molecule has 2 unspecified atom stereocenters. The second-order valence-corrected chi connectivity index (χ2v) is 12.6. The maximum atomic E-state index is 14.3. The van der Waals surface area contributed by atoms with Crippen molar-refractivity contribution >= 4 is 23.8 Å². The smallest absolute Gasteiger partial charge is 0.408 e. The third kappa shape index (κ3) is 9.99. The van der Waals surface area contributed by atoms with Crippen LogP contribution in [0, 0.1) is 13.8 Å². The fraction of sp³-hybridized carbons (Fsp3) is 0.655. The second kappa shape index (κ2) is 12.6. The maximum absolute atomic E-state index is 14.3. The van der Waals surface area contributed by atoms with Crippen molar-refractivity contribution < 1.29 is 23.9 Å². The normalized spacial score (nSPS) is 13.8. The summed E-state index contributed by atoms with van der Waals surface area (Å²) in [4.78, 5) is 54.1. The molecule has 1 rings (SSSR count). The second-order valence-electron chi connectivity index (χ2n) is 12.6. The lowest BCUT2D eigenvalue weighted by molar-refractivity contribution is -0.150. The third-order valence-corrected chi connectivity index (χ3v) is 6.27. The van der Waals surface area contributed by atoms with Crippen molar-refractivity contribution in [1.82, 2.24) is 15.5 Å². The molecule has 38 heavy (non-hydrogen) atoms. The quantitative estimate of drug-likeness (QED) is 0.410. The summed E-state index contributed by atoms with van der Waals surface area (Å²) in [5.74, 6) is -1.45. The van der Waals surface area contributed by atoms with Crippen LogP contribution in [0.4, 0.5) is 4.79 Å². The van der Waals surface area contributed by atoms with E-state index in [2.05, 4.69) is 10.6 Å². The van der Waals surface area contributed by atoms with E-state index >= 15 is 0 Å². The molecule has 4 N–H and O–H groups in total. The van der Waals surface area contributed by atoms with E-state index in [1.165, 1.54) is 4.90 Å². The predicted molar refractivity (Wildman–Crippen MR) is 149 cm³/mol. The first-order chi connectivity index (χ1) is 17.2. The number of alkyl carbamates (subject to hydrolysis) is 1. The molecule has 0 spiro atoms. The number of rotatable bonds is 10. The molecule has 9 nitrogen and oxygen atoms in total. The fourth-order valence-corrected chi connectivity index (χ4v) is 3.90. The van der Waals surface area contributed by atoms with Crippen LogP contribution in [-0.4, -0.2) is 51.4 Å². The van der Waals surface area contributed by atoms with Crippen LogP contribution in [0.5, 0.6) is 0 Å². The van der Waals surface area contributed by atoms with Gasteiger partial charge >= 0.3 is 6.09 Å². The van der Waals surface area contributed by atoms with Gasteiger partial charge in [0.05, 0.1) is 0 Å². The van der Waals surface area contributed by atoms with E-state index < -0.39 is 46.7 Å². The van der Waals surface area contributed by atoms with Crippen LogP contribution in [0.25, 0.3) is 0 Å². The summed E-state index contributed by atoms with van der Waals surface area (Å²) in [5.41, 5.74) is 5.93. The first-order valence-electron chi connectivity index (χ1n) is 13.2. The van der Waals surface area contributed by atoms with Crippen molar-refractivity contribution in [3.63, 3.8) is 0 Å². The molecule has 214 valence electrons. The molecule has 0 heterocycles. The molecule has 0 radical (unpaired) electrons. The van der Waals surface area contributed by atoms with Crippen molar-refractivity contribution in [3.8, 4) is 0 Å². The first kappa shape index (κ1) is 32.9. The summed E-state index contributed by atoms with van der Waals surface area (Å²) in [6.07, 6.45) is -0.437. The number of ether oxygens (including phenoxy) is 1. The molecular formula is C29H48N4O5. The zero-order valence-corrected chi connectivity index (χ0v) is 25.1. The Morgan fingerprint density at radius 1 is 0.974 bits per heavy atom. The van der Waals surface area contributed by atoms with Gasteiger partial charge in [-0.2, -0.15) is 0 Å². The van der Waals surface area contributed by atoms with Gasteiger partial charge in [0.15, 0.2) is 0 Å². The van der Waals surface area contributed by atoms with Gasteiger partial charge in [0, 0.05) is 17.5 Å². The van der Waals surface area contributed by atoms with Crippen molar-refractivity contribution in [2.24, 2.45) is 5.73 Å². The van der Waals surface area contributed by atoms with Gasteiger partial charge in [-0.3, -0.25) is 14.4 Å². The van der Waals surface area contributed by atoms with E-state index in [9.17, 15) is 19.2 Å². The molecule has 9 heteroatoms. The molecule has 0 saturated heterocycles. The number of nitrogens with two attached hydrogens (primary N) is 1. The number of carbonyl (C=O) groups excluding carboxylic acids is 4. The molecule has 0 aliphatic heterocycles. The molecular weight excluding hydrogens is 484 g/mol. The van der Waals surface area contributed by atoms with E-state index in [1.54, 1.807) is 20.8 Å². The van der Waals surface area contributed by atoms with E-state index in [-0.39, 0.29) is 18.7 Å². The Morgan fingerprint density at radius 2 is 1.55 bits per heavy atom. The van der Waals surface area contributed by atoms with Crippen LogP contribution in [0.3, 0.4) is 0 Å². The number of amides is 4. The van der Waals surface area contributed by atoms with Crippen molar-refractivity contribution in [1.29, 1.82) is 0 Å². The lowest BCUT2D eigenvalue weighted by Gasteiger charge is -2.45. The highest BCUT2D eigenvalue weighted by atomic mass is 16.6. The lowest BCUT2D eigenvalue weighted by Crippen LogP contribution is -2.60. The minimum absolute atomic E-state index is 0.0375. The van der Waals surface area contributed by atoms with E-state index in [0.717, 1.165) is 11.1 Å². The Balaban J connectivity index is 3.74. The molecule has 0 bridgehead atoms. The van der Waals surface area contributed by atoms with Gasteiger partial charge in [0.25, 0.3) is 0 Å². The zero-order valence-electron chi connectivity index (χ0n) is 25.1. The number of benzene rings is 1. The predicted octanol–water partition coefficient (Wildman–Crippen LogP) is 4.44. The van der Waals surface area contributed by atoms with Crippen LogP contribution in [0.15, 0.2) is 18.2 Å². The van der Waals surface area contributed by atoms with Gasteiger partial charge in [-0.1, -0.05) is 25.1 Å². The van der Waals surface area contributed by atoms with Gasteiger partial charge in [-0.15, -0.1) is 0 Å². The Morgan fingerprint density at radius 3 is 2.00 bits per heavy atom. The molecule has 1 aromatic carbocycles. The summed E-state index contributed by atoms with van der Waals surface area (Å²) < 4.78 is 5.39. The highest BCUT2D eigenvalue weighted by Gasteiger charge is 2.43. The Bertz CT molecular complexity index is 1020. The van der Waals surface area contributed by atoms with Crippen molar-refractivity contribution in [3.05, 3.63) is 34.9 Å². The number of carbonyl (C=O) groups is 4. The summed E-state index contributed by atoms with van der Waals surface area (Å²) in [6.45, 7) is 20.4. The SMILES string of the molecule is CCC(C)(C)N(C(=O)C(CCC(N)=O)NC(=O)OC(C)(C)C)C(C(=O)NC(C)(C)C)c1ccc(C)c(C)c1. The van der Waals surface area contributed by atoms with E-state index in [1.807, 2.05) is 73.6 Å². The van der Waals surface area contributed by atoms with Gasteiger partial charge in [0.2, 0.25) is 17.7 Å². The number of nitrogens with one attached hydrogen (secondary N) is 2. The number of primary amides is 1. The largest absolute Gasteiger partial charge is 0.444 e. The lowest BCUT2D eigenvalue weighted by atomic mass is 9.90. The third-order valence-electron chi connectivity index (χ3n) is 6.27.